The molecule has 0 aliphatic rings. The fourth-order valence-electron chi connectivity index (χ4n) is 1.62. The van der Waals surface area contributed by atoms with Gasteiger partial charge in [-0.1, -0.05) is 11.6 Å². The molecule has 2 aromatic carbocycles. The summed E-state index contributed by atoms with van der Waals surface area (Å²) in [6, 6.07) is 6.07. The Hall–Kier alpha value is -1.70. The van der Waals surface area contributed by atoms with E-state index in [1.54, 1.807) is 0 Å². The van der Waals surface area contributed by atoms with Gasteiger partial charge in [-0.05, 0) is 35.9 Å². The van der Waals surface area contributed by atoms with E-state index >= 15 is 0 Å². The molecule has 0 radical (unpaired) electrons. The van der Waals surface area contributed by atoms with Crippen LogP contribution in [0.4, 0.5) is 14.5 Å². The highest BCUT2D eigenvalue weighted by Crippen LogP contribution is 2.24. The van der Waals surface area contributed by atoms with Crippen LogP contribution in [0.5, 0.6) is 0 Å². The smallest absolute Gasteiger partial charge is 0.262 e. The molecule has 0 aliphatic carbocycles. The standard InChI is InChI=1S/C13H10ClF2NO3S/c14-11-3-2-10(5-8(11)7-18)21(19,20)17-13-6-9(15)1-4-12(13)16/h1-6,17-18H,7H2. The molecule has 0 aliphatic heterocycles. The minimum absolute atomic E-state index is 0.202. The van der Waals surface area contributed by atoms with E-state index < -0.39 is 34.0 Å². The maximum absolute atomic E-state index is 13.5. The van der Waals surface area contributed by atoms with Gasteiger partial charge in [0.1, 0.15) is 11.6 Å². The monoisotopic (exact) mass is 333 g/mol. The molecule has 0 spiro atoms. The van der Waals surface area contributed by atoms with Crippen molar-refractivity contribution < 1.29 is 22.3 Å². The van der Waals surface area contributed by atoms with Gasteiger partial charge in [-0.25, -0.2) is 17.2 Å². The molecule has 0 unspecified atom stereocenters. The lowest BCUT2D eigenvalue weighted by atomic mass is 10.2. The van der Waals surface area contributed by atoms with E-state index in [-0.39, 0.29) is 15.5 Å². The van der Waals surface area contributed by atoms with E-state index in [2.05, 4.69) is 0 Å². The zero-order valence-electron chi connectivity index (χ0n) is 10.5. The number of hydrogen-bond acceptors (Lipinski definition) is 3. The van der Waals surface area contributed by atoms with Crippen LogP contribution in [-0.4, -0.2) is 13.5 Å². The summed E-state index contributed by atoms with van der Waals surface area (Å²) in [7, 11) is -4.13. The highest BCUT2D eigenvalue weighted by molar-refractivity contribution is 7.92. The Kier molecular flexibility index (Phi) is 4.46. The van der Waals surface area contributed by atoms with Crippen LogP contribution in [0.25, 0.3) is 0 Å². The van der Waals surface area contributed by atoms with Gasteiger partial charge in [0, 0.05) is 11.1 Å². The van der Waals surface area contributed by atoms with Crippen molar-refractivity contribution in [2.24, 2.45) is 0 Å². The topological polar surface area (TPSA) is 66.4 Å². The van der Waals surface area contributed by atoms with Crippen molar-refractivity contribution in [2.45, 2.75) is 11.5 Å². The minimum atomic E-state index is -4.13. The lowest BCUT2D eigenvalue weighted by Gasteiger charge is -2.10. The molecule has 21 heavy (non-hydrogen) atoms. The van der Waals surface area contributed by atoms with Crippen LogP contribution in [0, 0.1) is 11.6 Å². The van der Waals surface area contributed by atoms with Gasteiger partial charge in [0.25, 0.3) is 10.0 Å². The normalized spacial score (nSPS) is 11.4. The Morgan fingerprint density at radius 2 is 1.86 bits per heavy atom. The van der Waals surface area contributed by atoms with Crippen LogP contribution in [0.15, 0.2) is 41.3 Å². The summed E-state index contributed by atoms with van der Waals surface area (Å²) in [5.41, 5.74) is -0.297. The van der Waals surface area contributed by atoms with Crippen LogP contribution in [-0.2, 0) is 16.6 Å². The predicted octanol–water partition coefficient (Wildman–Crippen LogP) is 2.91. The van der Waals surface area contributed by atoms with Gasteiger partial charge in [0.15, 0.2) is 0 Å². The molecule has 2 aromatic rings. The number of sulfonamides is 1. The number of aliphatic hydroxyl groups excluding tert-OH is 1. The van der Waals surface area contributed by atoms with Crippen molar-refractivity contribution in [1.82, 2.24) is 0 Å². The summed E-state index contributed by atoms with van der Waals surface area (Å²) in [5, 5.41) is 9.27. The Bertz CT molecular complexity index is 781. The molecule has 0 saturated carbocycles. The second kappa shape index (κ2) is 5.97. The third-order valence-corrected chi connectivity index (χ3v) is 4.40. The fraction of sp³-hybridized carbons (Fsp3) is 0.0769. The highest BCUT2D eigenvalue weighted by atomic mass is 35.5. The molecule has 4 nitrogen and oxygen atoms in total. The number of hydrogen-bond donors (Lipinski definition) is 2. The summed E-state index contributed by atoms with van der Waals surface area (Å²) >= 11 is 5.77. The fourth-order valence-corrected chi connectivity index (χ4v) is 2.90. The Labute approximate surface area is 125 Å². The quantitative estimate of drug-likeness (QED) is 0.904. The van der Waals surface area contributed by atoms with Crippen molar-refractivity contribution >= 4 is 27.3 Å². The summed E-state index contributed by atoms with van der Waals surface area (Å²) in [6.45, 7) is -0.448. The van der Waals surface area contributed by atoms with E-state index in [1.165, 1.54) is 12.1 Å². The van der Waals surface area contributed by atoms with Crippen LogP contribution in [0.1, 0.15) is 5.56 Å². The van der Waals surface area contributed by atoms with E-state index in [0.717, 1.165) is 24.3 Å². The molecule has 0 amide bonds. The van der Waals surface area contributed by atoms with E-state index in [1.807, 2.05) is 4.72 Å². The molecule has 0 bridgehead atoms. The lowest BCUT2D eigenvalue weighted by molar-refractivity contribution is 0.281. The van der Waals surface area contributed by atoms with Crippen LogP contribution in [0.3, 0.4) is 0 Å². The van der Waals surface area contributed by atoms with Crippen LogP contribution in [0.2, 0.25) is 5.02 Å². The average molecular weight is 334 g/mol. The number of rotatable bonds is 4. The van der Waals surface area contributed by atoms with Crippen molar-refractivity contribution in [3.05, 3.63) is 58.6 Å². The summed E-state index contributed by atoms with van der Waals surface area (Å²) in [6.07, 6.45) is 0. The van der Waals surface area contributed by atoms with Gasteiger partial charge in [-0.2, -0.15) is 0 Å². The Morgan fingerprint density at radius 1 is 1.14 bits per heavy atom. The van der Waals surface area contributed by atoms with Gasteiger partial charge in [0.05, 0.1) is 17.2 Å². The van der Waals surface area contributed by atoms with E-state index in [4.69, 9.17) is 16.7 Å². The van der Waals surface area contributed by atoms with Gasteiger partial charge in [-0.15, -0.1) is 0 Å². The van der Waals surface area contributed by atoms with Crippen molar-refractivity contribution in [3.8, 4) is 0 Å². The number of halogens is 3. The maximum Gasteiger partial charge on any atom is 0.262 e. The second-order valence-corrected chi connectivity index (χ2v) is 6.23. The second-order valence-electron chi connectivity index (χ2n) is 4.14. The predicted molar refractivity (Wildman–Crippen MR) is 74.5 cm³/mol. The number of nitrogens with one attached hydrogen (secondary N) is 1. The Morgan fingerprint density at radius 3 is 2.52 bits per heavy atom. The molecule has 2 N–H and O–H groups in total. The highest BCUT2D eigenvalue weighted by Gasteiger charge is 2.18. The van der Waals surface area contributed by atoms with Crippen molar-refractivity contribution in [2.75, 3.05) is 4.72 Å². The van der Waals surface area contributed by atoms with Gasteiger partial charge >= 0.3 is 0 Å². The molecular formula is C13H10ClF2NO3S. The molecule has 0 fully saturated rings. The van der Waals surface area contributed by atoms with Gasteiger partial charge in [0.2, 0.25) is 0 Å². The molecule has 0 heterocycles. The van der Waals surface area contributed by atoms with Gasteiger partial charge < -0.3 is 5.11 Å². The molecular weight excluding hydrogens is 324 g/mol. The molecule has 0 saturated heterocycles. The lowest BCUT2D eigenvalue weighted by Crippen LogP contribution is -2.14. The zero-order chi connectivity index (χ0) is 15.6. The first-order valence-corrected chi connectivity index (χ1v) is 7.57. The van der Waals surface area contributed by atoms with Crippen LogP contribution < -0.4 is 4.72 Å². The third kappa shape index (κ3) is 3.49. The first kappa shape index (κ1) is 15.7. The van der Waals surface area contributed by atoms with E-state index in [9.17, 15) is 17.2 Å². The average Bonchev–Trinajstić information content (AvgIpc) is 2.43. The van der Waals surface area contributed by atoms with Crippen molar-refractivity contribution in [1.29, 1.82) is 0 Å². The largest absolute Gasteiger partial charge is 0.392 e. The van der Waals surface area contributed by atoms with Crippen LogP contribution >= 0.6 is 11.6 Å². The summed E-state index contributed by atoms with van der Waals surface area (Å²) in [4.78, 5) is -0.223. The molecule has 2 rings (SSSR count). The zero-order valence-corrected chi connectivity index (χ0v) is 12.0. The molecule has 8 heteroatoms. The third-order valence-electron chi connectivity index (χ3n) is 2.67. The first-order chi connectivity index (χ1) is 9.83. The number of aliphatic hydroxyl groups is 1. The number of benzene rings is 2. The molecule has 0 aromatic heterocycles. The summed E-state index contributed by atoms with van der Waals surface area (Å²) in [5.74, 6) is -1.68. The first-order valence-electron chi connectivity index (χ1n) is 5.70. The minimum Gasteiger partial charge on any atom is -0.392 e. The SMILES string of the molecule is O=S(=O)(Nc1cc(F)ccc1F)c1ccc(Cl)c(CO)c1. The summed E-state index contributed by atoms with van der Waals surface area (Å²) < 4.78 is 52.7. The van der Waals surface area contributed by atoms with E-state index in [0.29, 0.717) is 0 Å². The maximum atomic E-state index is 13.5. The number of anilines is 1. The Balaban J connectivity index is 2.41. The molecule has 112 valence electrons. The van der Waals surface area contributed by atoms with Crippen molar-refractivity contribution in [3.63, 3.8) is 0 Å². The molecule has 0 atom stereocenters. The van der Waals surface area contributed by atoms with Gasteiger partial charge in [-0.3, -0.25) is 4.72 Å².